The van der Waals surface area contributed by atoms with Gasteiger partial charge in [0.05, 0.1) is 17.8 Å². The van der Waals surface area contributed by atoms with Gasteiger partial charge in [0.2, 0.25) is 0 Å². The number of oxime groups is 1. The van der Waals surface area contributed by atoms with Crippen LogP contribution >= 0.6 is 0 Å². The Kier molecular flexibility index (Phi) is 7.78. The highest BCUT2D eigenvalue weighted by Gasteiger charge is 2.31. The summed E-state index contributed by atoms with van der Waals surface area (Å²) in [6, 6.07) is 10.7. The van der Waals surface area contributed by atoms with Gasteiger partial charge in [-0.15, -0.1) is 5.54 Å². The van der Waals surface area contributed by atoms with Crippen molar-refractivity contribution in [3.8, 4) is 23.0 Å². The van der Waals surface area contributed by atoms with E-state index in [2.05, 4.69) is 70.6 Å². The summed E-state index contributed by atoms with van der Waals surface area (Å²) in [4.78, 5) is 14.1. The van der Waals surface area contributed by atoms with Crippen LogP contribution in [0.15, 0.2) is 53.8 Å². The van der Waals surface area contributed by atoms with Crippen molar-refractivity contribution < 1.29 is 22.7 Å². The second-order valence-corrected chi connectivity index (χ2v) is 14.9. The highest BCUT2D eigenvalue weighted by atomic mass is 28.3. The first-order valence-electron chi connectivity index (χ1n) is 12.2. The van der Waals surface area contributed by atoms with Crippen LogP contribution in [0, 0.1) is 25.3 Å². The van der Waals surface area contributed by atoms with Crippen LogP contribution in [-0.2, 0) is 17.4 Å². The van der Waals surface area contributed by atoms with Gasteiger partial charge in [0.1, 0.15) is 26.3 Å². The molecule has 1 N–H and O–H groups in total. The molecule has 0 spiro atoms. The molecule has 0 bridgehead atoms. The Morgan fingerprint density at radius 3 is 2.63 bits per heavy atom. The number of ether oxygens (including phenoxy) is 1. The quantitative estimate of drug-likeness (QED) is 0.318. The first-order valence-corrected chi connectivity index (χ1v) is 15.7. The fourth-order valence-electron chi connectivity index (χ4n) is 3.77. The Balaban J connectivity index is 1.53. The van der Waals surface area contributed by atoms with E-state index < -0.39 is 19.8 Å². The van der Waals surface area contributed by atoms with E-state index in [0.29, 0.717) is 30.4 Å². The number of hydrogen-bond donors (Lipinski definition) is 1. The number of amidine groups is 1. The van der Waals surface area contributed by atoms with Crippen molar-refractivity contribution in [1.29, 1.82) is 0 Å². The molecule has 4 rings (SSSR count). The molecule has 0 saturated heterocycles. The van der Waals surface area contributed by atoms with Gasteiger partial charge >= 0.3 is 6.18 Å². The van der Waals surface area contributed by atoms with Gasteiger partial charge in [-0.1, -0.05) is 42.8 Å². The predicted octanol–water partition coefficient (Wildman–Crippen LogP) is 6.03. The monoisotopic (exact) mass is 538 g/mol. The summed E-state index contributed by atoms with van der Waals surface area (Å²) >= 11 is 0. The third kappa shape index (κ3) is 7.13. The van der Waals surface area contributed by atoms with Gasteiger partial charge in [0.25, 0.3) is 0 Å². The maximum absolute atomic E-state index is 13.2. The van der Waals surface area contributed by atoms with Crippen molar-refractivity contribution in [3.05, 3.63) is 82.4 Å². The zero-order valence-corrected chi connectivity index (χ0v) is 22.9. The smallest absolute Gasteiger partial charge is 0.416 e. The third-order valence-corrected chi connectivity index (χ3v) is 6.53. The van der Waals surface area contributed by atoms with Crippen LogP contribution in [0.4, 0.5) is 13.2 Å². The highest BCUT2D eigenvalue weighted by molar-refractivity contribution is 6.83. The van der Waals surface area contributed by atoms with Crippen molar-refractivity contribution in [2.24, 2.45) is 5.16 Å². The number of alkyl halides is 3. The lowest BCUT2D eigenvalue weighted by Gasteiger charge is -2.25. The molecule has 1 aromatic heterocycles. The third-order valence-electron chi connectivity index (χ3n) is 5.65. The Morgan fingerprint density at radius 1 is 1.13 bits per heavy atom. The van der Waals surface area contributed by atoms with Crippen molar-refractivity contribution in [2.75, 3.05) is 6.61 Å². The molecule has 10 heteroatoms. The van der Waals surface area contributed by atoms with E-state index in [9.17, 15) is 13.2 Å². The number of aromatic nitrogens is 2. The maximum Gasteiger partial charge on any atom is 0.416 e. The number of aryl methyl sites for hydroxylation is 2. The number of halogens is 3. The van der Waals surface area contributed by atoms with E-state index in [1.54, 1.807) is 6.92 Å². The van der Waals surface area contributed by atoms with E-state index in [0.717, 1.165) is 28.8 Å². The fourth-order valence-corrected chi connectivity index (χ4v) is 4.29. The zero-order valence-electron chi connectivity index (χ0n) is 21.9. The molecular weight excluding hydrogens is 509 g/mol. The molecule has 1 aliphatic heterocycles. The molecule has 0 radical (unpaired) electrons. The normalized spacial score (nSPS) is 15.5. The average molecular weight is 539 g/mol. The summed E-state index contributed by atoms with van der Waals surface area (Å²) in [5.74, 6) is 4.23. The number of benzene rings is 2. The minimum atomic E-state index is -4.49. The summed E-state index contributed by atoms with van der Waals surface area (Å²) in [7, 11) is -1.46. The SMILES string of the molecule is Cc1ncc(Oc2cccc(C(F)(F)F)c2)c(C2=NOC[C@@H](Cc3ccc(C#C[Si](C)(C)C)cc3C)N2)n1. The molecule has 3 aromatic rings. The van der Waals surface area contributed by atoms with Crippen LogP contribution in [0.1, 0.15) is 33.8 Å². The molecule has 38 heavy (non-hydrogen) atoms. The van der Waals surface area contributed by atoms with Crippen molar-refractivity contribution in [2.45, 2.75) is 52.1 Å². The molecule has 0 saturated carbocycles. The van der Waals surface area contributed by atoms with Gasteiger partial charge < -0.3 is 14.9 Å². The van der Waals surface area contributed by atoms with Crippen LogP contribution in [0.3, 0.4) is 0 Å². The lowest BCUT2D eigenvalue weighted by molar-refractivity contribution is -0.137. The van der Waals surface area contributed by atoms with Crippen molar-refractivity contribution in [3.63, 3.8) is 0 Å². The minimum Gasteiger partial charge on any atom is -0.453 e. The second-order valence-electron chi connectivity index (χ2n) is 10.2. The van der Waals surface area contributed by atoms with Gasteiger partial charge in [-0.05, 0) is 61.7 Å². The van der Waals surface area contributed by atoms with E-state index in [4.69, 9.17) is 9.57 Å². The first-order chi connectivity index (χ1) is 17.9. The number of nitrogens with zero attached hydrogens (tertiary/aromatic N) is 3. The van der Waals surface area contributed by atoms with Gasteiger partial charge in [-0.25, -0.2) is 9.97 Å². The van der Waals surface area contributed by atoms with Crippen LogP contribution in [0.5, 0.6) is 11.5 Å². The fraction of sp³-hybridized carbons (Fsp3) is 0.321. The van der Waals surface area contributed by atoms with Crippen molar-refractivity contribution in [1.82, 2.24) is 15.3 Å². The summed E-state index contributed by atoms with van der Waals surface area (Å²) < 4.78 is 45.2. The maximum atomic E-state index is 13.2. The molecule has 2 aromatic carbocycles. The molecule has 0 fully saturated rings. The lowest BCUT2D eigenvalue weighted by Crippen LogP contribution is -2.44. The molecular formula is C28H29F3N4O2Si. The molecule has 0 unspecified atom stereocenters. The summed E-state index contributed by atoms with van der Waals surface area (Å²) in [5.41, 5.74) is 6.15. The summed E-state index contributed by atoms with van der Waals surface area (Å²) in [6.45, 7) is 10.7. The van der Waals surface area contributed by atoms with Gasteiger partial charge in [-0.2, -0.15) is 13.2 Å². The zero-order chi connectivity index (χ0) is 27.5. The number of nitrogens with one attached hydrogen (secondary N) is 1. The van der Waals surface area contributed by atoms with E-state index in [1.165, 1.54) is 18.3 Å². The Hall–Kier alpha value is -3.84. The molecule has 6 nitrogen and oxygen atoms in total. The molecule has 0 aliphatic carbocycles. The van der Waals surface area contributed by atoms with Crippen LogP contribution < -0.4 is 10.1 Å². The first kappa shape index (κ1) is 27.2. The van der Waals surface area contributed by atoms with Crippen LogP contribution in [0.25, 0.3) is 0 Å². The predicted molar refractivity (Wildman–Crippen MR) is 143 cm³/mol. The Morgan fingerprint density at radius 2 is 1.92 bits per heavy atom. The average Bonchev–Trinajstić information content (AvgIpc) is 2.85. The molecule has 2 heterocycles. The topological polar surface area (TPSA) is 68.6 Å². The Labute approximate surface area is 221 Å². The van der Waals surface area contributed by atoms with Crippen LogP contribution in [-0.4, -0.2) is 36.5 Å². The van der Waals surface area contributed by atoms with Crippen LogP contribution in [0.2, 0.25) is 19.6 Å². The van der Waals surface area contributed by atoms with Gasteiger partial charge in [0, 0.05) is 5.56 Å². The molecule has 198 valence electrons. The molecule has 1 atom stereocenters. The van der Waals surface area contributed by atoms with E-state index in [1.807, 2.05) is 6.07 Å². The Bertz CT molecular complexity index is 1420. The highest BCUT2D eigenvalue weighted by Crippen LogP contribution is 2.33. The van der Waals surface area contributed by atoms with E-state index in [-0.39, 0.29) is 17.5 Å². The molecule has 0 amide bonds. The van der Waals surface area contributed by atoms with Crippen molar-refractivity contribution >= 4 is 13.9 Å². The minimum absolute atomic E-state index is 0.00958. The summed E-state index contributed by atoms with van der Waals surface area (Å²) in [6.07, 6.45) is -2.41. The number of rotatable bonds is 5. The van der Waals surface area contributed by atoms with Gasteiger partial charge in [-0.3, -0.25) is 0 Å². The number of hydrogen-bond acceptors (Lipinski definition) is 6. The van der Waals surface area contributed by atoms with E-state index >= 15 is 0 Å². The molecule has 1 aliphatic rings. The largest absolute Gasteiger partial charge is 0.453 e. The lowest BCUT2D eigenvalue weighted by atomic mass is 9.99. The standard InChI is InChI=1S/C28H29F3N4O2Si/c1-18-13-20(11-12-38(3,4)5)9-10-21(18)14-23-17-36-35-27(34-23)26-25(16-32-19(2)33-26)37-24-8-6-7-22(15-24)28(29,30)31/h6-10,13,15-16,23H,14,17H2,1-5H3,(H,34,35)/t23-/m1/s1. The van der Waals surface area contributed by atoms with Gasteiger partial charge in [0.15, 0.2) is 17.3 Å². The second kappa shape index (κ2) is 10.9. The summed E-state index contributed by atoms with van der Waals surface area (Å²) in [5, 5.41) is 7.46.